The number of benzene rings is 1. The number of urea groups is 1. The summed E-state index contributed by atoms with van der Waals surface area (Å²) in [5, 5.41) is 11.6. The van der Waals surface area contributed by atoms with E-state index < -0.39 is 5.97 Å². The van der Waals surface area contributed by atoms with Crippen molar-refractivity contribution in [3.05, 3.63) is 30.3 Å². The molecule has 2 amide bonds. The van der Waals surface area contributed by atoms with Gasteiger partial charge in [-0.15, -0.1) is 0 Å². The molecular weight excluding hydrogens is 232 g/mol. The zero-order valence-corrected chi connectivity index (χ0v) is 10.0. The summed E-state index contributed by atoms with van der Waals surface area (Å²) in [6.45, 7) is 0.294. The first-order valence-corrected chi connectivity index (χ1v) is 5.99. The predicted molar refractivity (Wildman–Crippen MR) is 67.5 cm³/mol. The van der Waals surface area contributed by atoms with Gasteiger partial charge in [0.25, 0.3) is 0 Å². The molecule has 0 radical (unpaired) electrons. The maximum atomic E-state index is 12.0. The number of aliphatic carboxylic acids is 1. The first-order valence-electron chi connectivity index (χ1n) is 5.99. The number of anilines is 1. The zero-order chi connectivity index (χ0) is 13.0. The normalized spacial score (nSPS) is 14.0. The highest BCUT2D eigenvalue weighted by Gasteiger charge is 2.24. The number of rotatable bonds is 5. The summed E-state index contributed by atoms with van der Waals surface area (Å²) in [6, 6.07) is 8.47. The summed E-state index contributed by atoms with van der Waals surface area (Å²) in [7, 11) is 0. The number of carboxylic acid groups (broad SMARTS) is 1. The topological polar surface area (TPSA) is 69.6 Å². The third kappa shape index (κ3) is 3.48. The van der Waals surface area contributed by atoms with Crippen LogP contribution in [-0.2, 0) is 4.79 Å². The molecule has 2 rings (SSSR count). The van der Waals surface area contributed by atoms with Gasteiger partial charge in [-0.1, -0.05) is 18.2 Å². The molecule has 1 aromatic carbocycles. The van der Waals surface area contributed by atoms with Crippen LogP contribution in [-0.4, -0.2) is 30.2 Å². The maximum absolute atomic E-state index is 12.0. The Labute approximate surface area is 105 Å². The average Bonchev–Trinajstić information content (AvgIpc) is 3.18. The molecular formula is C13H16N2O3. The van der Waals surface area contributed by atoms with E-state index in [0.29, 0.717) is 18.2 Å². The molecule has 5 nitrogen and oxygen atoms in total. The summed E-state index contributed by atoms with van der Waals surface area (Å²) in [5.74, 6) is -0.461. The van der Waals surface area contributed by atoms with Crippen LogP contribution in [0.25, 0.3) is 0 Å². The van der Waals surface area contributed by atoms with Crippen LogP contribution < -0.4 is 10.2 Å². The minimum Gasteiger partial charge on any atom is -0.480 e. The van der Waals surface area contributed by atoms with Gasteiger partial charge in [-0.2, -0.15) is 0 Å². The minimum absolute atomic E-state index is 0.333. The number of carbonyl (C=O) groups is 2. The number of carbonyl (C=O) groups excluding carboxylic acids is 1. The van der Waals surface area contributed by atoms with Gasteiger partial charge in [0.1, 0.15) is 6.54 Å². The van der Waals surface area contributed by atoms with Gasteiger partial charge in [0.15, 0.2) is 0 Å². The Morgan fingerprint density at radius 3 is 2.50 bits per heavy atom. The first-order chi connectivity index (χ1) is 8.66. The van der Waals surface area contributed by atoms with Gasteiger partial charge in [0, 0.05) is 12.2 Å². The fourth-order valence-electron chi connectivity index (χ4n) is 1.67. The second-order valence-corrected chi connectivity index (χ2v) is 4.44. The Hall–Kier alpha value is -2.04. The molecule has 0 unspecified atom stereocenters. The molecule has 1 aromatic rings. The van der Waals surface area contributed by atoms with E-state index in [-0.39, 0.29) is 12.6 Å². The highest BCUT2D eigenvalue weighted by Crippen LogP contribution is 2.27. The van der Waals surface area contributed by atoms with Gasteiger partial charge in [-0.25, -0.2) is 4.79 Å². The molecule has 1 aliphatic carbocycles. The highest BCUT2D eigenvalue weighted by molar-refractivity contribution is 5.96. The average molecular weight is 248 g/mol. The van der Waals surface area contributed by atoms with E-state index in [1.165, 1.54) is 4.90 Å². The number of nitrogens with zero attached hydrogens (tertiary/aromatic N) is 1. The van der Waals surface area contributed by atoms with Crippen molar-refractivity contribution < 1.29 is 14.7 Å². The summed E-state index contributed by atoms with van der Waals surface area (Å²) >= 11 is 0. The van der Waals surface area contributed by atoms with Crippen LogP contribution in [0.15, 0.2) is 30.3 Å². The zero-order valence-electron chi connectivity index (χ0n) is 10.0. The fraction of sp³-hybridized carbons (Fsp3) is 0.385. The van der Waals surface area contributed by atoms with Gasteiger partial charge in [0.05, 0.1) is 0 Å². The Morgan fingerprint density at radius 1 is 1.28 bits per heavy atom. The summed E-state index contributed by atoms with van der Waals surface area (Å²) in [6.07, 6.45) is 2.29. The number of carboxylic acids is 1. The van der Waals surface area contributed by atoms with E-state index in [1.807, 2.05) is 6.07 Å². The molecule has 18 heavy (non-hydrogen) atoms. The monoisotopic (exact) mass is 248 g/mol. The lowest BCUT2D eigenvalue weighted by molar-refractivity contribution is -0.135. The molecule has 1 fully saturated rings. The molecule has 0 aliphatic heterocycles. The van der Waals surface area contributed by atoms with Gasteiger partial charge in [-0.05, 0) is 30.9 Å². The van der Waals surface area contributed by atoms with Crippen LogP contribution >= 0.6 is 0 Å². The molecule has 0 spiro atoms. The minimum atomic E-state index is -1.03. The quantitative estimate of drug-likeness (QED) is 0.833. The van der Waals surface area contributed by atoms with Crippen LogP contribution in [0.1, 0.15) is 12.8 Å². The van der Waals surface area contributed by atoms with E-state index in [1.54, 1.807) is 24.3 Å². The third-order valence-electron chi connectivity index (χ3n) is 2.85. The van der Waals surface area contributed by atoms with Crippen LogP contribution in [0.5, 0.6) is 0 Å². The molecule has 2 N–H and O–H groups in total. The third-order valence-corrected chi connectivity index (χ3v) is 2.85. The lowest BCUT2D eigenvalue weighted by Gasteiger charge is -2.21. The van der Waals surface area contributed by atoms with Crippen LogP contribution in [0, 0.1) is 5.92 Å². The van der Waals surface area contributed by atoms with Gasteiger partial charge < -0.3 is 10.4 Å². The molecule has 1 aliphatic rings. The molecule has 0 saturated heterocycles. The molecule has 5 heteroatoms. The van der Waals surface area contributed by atoms with E-state index >= 15 is 0 Å². The molecule has 0 heterocycles. The first kappa shape index (κ1) is 12.4. The number of hydrogen-bond donors (Lipinski definition) is 2. The Bertz CT molecular complexity index is 429. The summed E-state index contributed by atoms with van der Waals surface area (Å²) in [4.78, 5) is 24.0. The Balaban J connectivity index is 2.03. The van der Waals surface area contributed by atoms with E-state index in [2.05, 4.69) is 5.32 Å². The maximum Gasteiger partial charge on any atom is 0.323 e. The van der Waals surface area contributed by atoms with Crippen molar-refractivity contribution >= 4 is 17.7 Å². The van der Waals surface area contributed by atoms with Crippen molar-refractivity contribution in [3.63, 3.8) is 0 Å². The molecule has 0 atom stereocenters. The summed E-state index contributed by atoms with van der Waals surface area (Å²) in [5.41, 5.74) is 0.591. The second-order valence-electron chi connectivity index (χ2n) is 4.44. The second kappa shape index (κ2) is 5.53. The number of amides is 2. The van der Waals surface area contributed by atoms with Crippen molar-refractivity contribution in [2.75, 3.05) is 18.0 Å². The predicted octanol–water partition coefficient (Wildman–Crippen LogP) is 1.70. The standard InChI is InChI=1S/C13H16N2O3/c16-12(17)9-15(11-4-2-1-3-5-11)13(18)14-8-10-6-7-10/h1-5,10H,6-9H2,(H,14,18)(H,16,17). The number of nitrogens with one attached hydrogen (secondary N) is 1. The van der Waals surface area contributed by atoms with Crippen LogP contribution in [0.4, 0.5) is 10.5 Å². The fourth-order valence-corrected chi connectivity index (χ4v) is 1.67. The lowest BCUT2D eigenvalue weighted by atomic mass is 10.3. The molecule has 0 bridgehead atoms. The summed E-state index contributed by atoms with van der Waals surface area (Å²) < 4.78 is 0. The van der Waals surface area contributed by atoms with E-state index in [4.69, 9.17) is 5.11 Å². The van der Waals surface area contributed by atoms with Crippen molar-refractivity contribution in [3.8, 4) is 0 Å². The number of hydrogen-bond acceptors (Lipinski definition) is 2. The van der Waals surface area contributed by atoms with E-state index in [0.717, 1.165) is 12.8 Å². The van der Waals surface area contributed by atoms with Crippen LogP contribution in [0.2, 0.25) is 0 Å². The van der Waals surface area contributed by atoms with Crippen molar-refractivity contribution in [2.45, 2.75) is 12.8 Å². The van der Waals surface area contributed by atoms with Gasteiger partial charge >= 0.3 is 12.0 Å². The number of para-hydroxylation sites is 1. The van der Waals surface area contributed by atoms with E-state index in [9.17, 15) is 9.59 Å². The van der Waals surface area contributed by atoms with Gasteiger partial charge in [-0.3, -0.25) is 9.69 Å². The Morgan fingerprint density at radius 2 is 1.94 bits per heavy atom. The largest absolute Gasteiger partial charge is 0.480 e. The van der Waals surface area contributed by atoms with Crippen molar-refractivity contribution in [1.29, 1.82) is 0 Å². The Kier molecular flexibility index (Phi) is 3.82. The SMILES string of the molecule is O=C(O)CN(C(=O)NCC1CC1)c1ccccc1. The highest BCUT2D eigenvalue weighted by atomic mass is 16.4. The van der Waals surface area contributed by atoms with Gasteiger partial charge in [0.2, 0.25) is 0 Å². The van der Waals surface area contributed by atoms with Crippen molar-refractivity contribution in [1.82, 2.24) is 5.32 Å². The van der Waals surface area contributed by atoms with Crippen molar-refractivity contribution in [2.24, 2.45) is 5.92 Å². The molecule has 96 valence electrons. The smallest absolute Gasteiger partial charge is 0.323 e. The molecule has 1 saturated carbocycles. The van der Waals surface area contributed by atoms with Crippen LogP contribution in [0.3, 0.4) is 0 Å². The molecule has 0 aromatic heterocycles. The lowest BCUT2D eigenvalue weighted by Crippen LogP contribution is -2.43.